The van der Waals surface area contributed by atoms with Gasteiger partial charge in [0.2, 0.25) is 0 Å². The summed E-state index contributed by atoms with van der Waals surface area (Å²) < 4.78 is 16.1. The summed E-state index contributed by atoms with van der Waals surface area (Å²) in [5.74, 6) is -0.242. The number of aromatic nitrogens is 1. The Hall–Kier alpha value is -5.93. The molecule has 0 spiro atoms. The average Bonchev–Trinajstić information content (AvgIpc) is 3.44. The number of para-hydroxylation sites is 1. The van der Waals surface area contributed by atoms with Gasteiger partial charge in [-0.1, -0.05) is 91.0 Å². The van der Waals surface area contributed by atoms with Crippen LogP contribution in [0.3, 0.4) is 0 Å². The third-order valence-electron chi connectivity index (χ3n) is 9.15. The van der Waals surface area contributed by atoms with Crippen molar-refractivity contribution in [2.75, 3.05) is 4.90 Å². The van der Waals surface area contributed by atoms with E-state index in [1.807, 2.05) is 18.2 Å². The van der Waals surface area contributed by atoms with Crippen LogP contribution in [0.1, 0.15) is 11.1 Å². The molecule has 1 heterocycles. The fourth-order valence-corrected chi connectivity index (χ4v) is 6.76. The van der Waals surface area contributed by atoms with Gasteiger partial charge in [-0.05, 0) is 120 Å². The topological polar surface area (TPSA) is 8.17 Å². The number of hydrogen-bond acceptors (Lipinski definition) is 1. The van der Waals surface area contributed by atoms with Crippen molar-refractivity contribution < 1.29 is 4.39 Å². The standard InChI is InChI=1S/C44H33FN2/c1-30-10-6-7-13-39(30)41-28-37(21-16-31(41)2)46(35-22-17-33(18-23-35)32-11-4-3-5-12-32)38-26-27-44-42(29-38)40-14-8-9-15-43(40)47(44)36-24-19-34(45)20-25-36/h3-29H,1-2H3. The Balaban J connectivity index is 1.33. The highest BCUT2D eigenvalue weighted by atomic mass is 19.1. The van der Waals surface area contributed by atoms with Gasteiger partial charge >= 0.3 is 0 Å². The molecule has 0 N–H and O–H groups in total. The van der Waals surface area contributed by atoms with E-state index >= 15 is 0 Å². The smallest absolute Gasteiger partial charge is 0.123 e. The third-order valence-corrected chi connectivity index (χ3v) is 9.15. The Kier molecular flexibility index (Phi) is 7.15. The number of nitrogens with zero attached hydrogens (tertiary/aromatic N) is 2. The zero-order chi connectivity index (χ0) is 31.9. The molecule has 7 aromatic carbocycles. The maximum Gasteiger partial charge on any atom is 0.123 e. The SMILES string of the molecule is Cc1ccccc1-c1cc(N(c2ccc(-c3ccccc3)cc2)c2ccc3c(c2)c2ccccc2n3-c2ccc(F)cc2)ccc1C. The molecule has 47 heavy (non-hydrogen) atoms. The second-order valence-corrected chi connectivity index (χ2v) is 12.1. The minimum atomic E-state index is -0.242. The van der Waals surface area contributed by atoms with Crippen LogP contribution in [0.25, 0.3) is 49.7 Å². The summed E-state index contributed by atoms with van der Waals surface area (Å²) in [5.41, 5.74) is 13.6. The monoisotopic (exact) mass is 608 g/mol. The van der Waals surface area contributed by atoms with E-state index < -0.39 is 0 Å². The van der Waals surface area contributed by atoms with Crippen LogP contribution in [-0.2, 0) is 0 Å². The molecule has 0 fully saturated rings. The minimum absolute atomic E-state index is 0.242. The minimum Gasteiger partial charge on any atom is -0.310 e. The van der Waals surface area contributed by atoms with Crippen molar-refractivity contribution in [1.82, 2.24) is 4.57 Å². The van der Waals surface area contributed by atoms with Crippen LogP contribution in [0.15, 0.2) is 164 Å². The van der Waals surface area contributed by atoms with E-state index in [4.69, 9.17) is 0 Å². The lowest BCUT2D eigenvalue weighted by atomic mass is 9.95. The van der Waals surface area contributed by atoms with E-state index in [9.17, 15) is 4.39 Å². The largest absolute Gasteiger partial charge is 0.310 e. The Morgan fingerprint density at radius 3 is 1.83 bits per heavy atom. The Bertz CT molecular complexity index is 2370. The van der Waals surface area contributed by atoms with Crippen molar-refractivity contribution >= 4 is 38.9 Å². The van der Waals surface area contributed by atoms with Crippen LogP contribution in [0.4, 0.5) is 21.5 Å². The first kappa shape index (κ1) is 28.5. The van der Waals surface area contributed by atoms with Crippen molar-refractivity contribution in [2.24, 2.45) is 0 Å². The second-order valence-electron chi connectivity index (χ2n) is 12.1. The normalized spacial score (nSPS) is 11.3. The summed E-state index contributed by atoms with van der Waals surface area (Å²) >= 11 is 0. The first-order valence-electron chi connectivity index (χ1n) is 16.0. The van der Waals surface area contributed by atoms with E-state index in [1.165, 1.54) is 45.5 Å². The molecule has 0 aliphatic rings. The molecule has 0 amide bonds. The number of hydrogen-bond donors (Lipinski definition) is 0. The second kappa shape index (κ2) is 11.8. The van der Waals surface area contributed by atoms with E-state index in [1.54, 1.807) is 0 Å². The van der Waals surface area contributed by atoms with Crippen LogP contribution in [0.2, 0.25) is 0 Å². The first-order chi connectivity index (χ1) is 23.0. The van der Waals surface area contributed by atoms with Crippen molar-refractivity contribution in [3.63, 3.8) is 0 Å². The van der Waals surface area contributed by atoms with Crippen LogP contribution in [0.5, 0.6) is 0 Å². The van der Waals surface area contributed by atoms with Crippen molar-refractivity contribution in [3.05, 3.63) is 181 Å². The molecule has 3 heteroatoms. The highest BCUT2D eigenvalue weighted by Crippen LogP contribution is 2.42. The van der Waals surface area contributed by atoms with Gasteiger partial charge in [-0.2, -0.15) is 0 Å². The zero-order valence-corrected chi connectivity index (χ0v) is 26.4. The number of aryl methyl sites for hydroxylation is 2. The quantitative estimate of drug-likeness (QED) is 0.182. The summed E-state index contributed by atoms with van der Waals surface area (Å²) in [7, 11) is 0. The summed E-state index contributed by atoms with van der Waals surface area (Å²) in [6.45, 7) is 4.35. The molecule has 8 aromatic rings. The van der Waals surface area contributed by atoms with Gasteiger partial charge in [-0.15, -0.1) is 0 Å². The molecular weight excluding hydrogens is 575 g/mol. The molecule has 0 atom stereocenters. The van der Waals surface area contributed by atoms with E-state index in [0.29, 0.717) is 0 Å². The van der Waals surface area contributed by atoms with Crippen LogP contribution in [-0.4, -0.2) is 4.57 Å². The molecule has 2 nitrogen and oxygen atoms in total. The molecule has 0 radical (unpaired) electrons. The zero-order valence-electron chi connectivity index (χ0n) is 26.4. The molecule has 8 rings (SSSR count). The first-order valence-corrected chi connectivity index (χ1v) is 16.0. The molecule has 0 unspecified atom stereocenters. The van der Waals surface area contributed by atoms with Gasteiger partial charge in [-0.3, -0.25) is 0 Å². The molecule has 1 aromatic heterocycles. The molecule has 0 saturated heterocycles. The van der Waals surface area contributed by atoms with Gasteiger partial charge in [0, 0.05) is 33.5 Å². The predicted molar refractivity (Wildman–Crippen MR) is 196 cm³/mol. The van der Waals surface area contributed by atoms with Crippen LogP contribution in [0, 0.1) is 19.7 Å². The number of benzene rings is 7. The highest BCUT2D eigenvalue weighted by molar-refractivity contribution is 6.10. The van der Waals surface area contributed by atoms with Crippen LogP contribution < -0.4 is 4.90 Å². The Morgan fingerprint density at radius 2 is 1.04 bits per heavy atom. The maximum atomic E-state index is 13.9. The van der Waals surface area contributed by atoms with Crippen molar-refractivity contribution in [1.29, 1.82) is 0 Å². The van der Waals surface area contributed by atoms with E-state index in [0.717, 1.165) is 44.6 Å². The number of rotatable bonds is 6. The van der Waals surface area contributed by atoms with E-state index in [2.05, 4.69) is 157 Å². The lowest BCUT2D eigenvalue weighted by molar-refractivity contribution is 0.627. The average molecular weight is 609 g/mol. The Labute approximate surface area is 274 Å². The van der Waals surface area contributed by atoms with Crippen molar-refractivity contribution in [2.45, 2.75) is 13.8 Å². The van der Waals surface area contributed by atoms with Gasteiger partial charge in [0.15, 0.2) is 0 Å². The Morgan fingerprint density at radius 1 is 0.447 bits per heavy atom. The van der Waals surface area contributed by atoms with Gasteiger partial charge in [0.25, 0.3) is 0 Å². The number of halogens is 1. The summed E-state index contributed by atoms with van der Waals surface area (Å²) in [5, 5.41) is 2.29. The number of anilines is 3. The van der Waals surface area contributed by atoms with Gasteiger partial charge in [-0.25, -0.2) is 4.39 Å². The summed E-state index contributed by atoms with van der Waals surface area (Å²) in [6, 6.07) is 56.5. The fraction of sp³-hybridized carbons (Fsp3) is 0.0455. The predicted octanol–water partition coefficient (Wildman–Crippen LogP) is 12.3. The molecule has 226 valence electrons. The third kappa shape index (κ3) is 5.16. The van der Waals surface area contributed by atoms with Gasteiger partial charge < -0.3 is 9.47 Å². The fourth-order valence-electron chi connectivity index (χ4n) is 6.76. The molecule has 0 bridgehead atoms. The van der Waals surface area contributed by atoms with Gasteiger partial charge in [0.1, 0.15) is 5.82 Å². The van der Waals surface area contributed by atoms with Crippen molar-refractivity contribution in [3.8, 4) is 27.9 Å². The highest BCUT2D eigenvalue weighted by Gasteiger charge is 2.19. The molecule has 0 aliphatic heterocycles. The summed E-state index contributed by atoms with van der Waals surface area (Å²) in [6.07, 6.45) is 0. The molecular formula is C44H33FN2. The van der Waals surface area contributed by atoms with Gasteiger partial charge in [0.05, 0.1) is 11.0 Å². The maximum absolute atomic E-state index is 13.9. The lowest BCUT2D eigenvalue weighted by Gasteiger charge is -2.27. The van der Waals surface area contributed by atoms with E-state index in [-0.39, 0.29) is 5.82 Å². The van der Waals surface area contributed by atoms with Crippen LogP contribution >= 0.6 is 0 Å². The summed E-state index contributed by atoms with van der Waals surface area (Å²) in [4.78, 5) is 2.35. The molecule has 0 saturated carbocycles. The lowest BCUT2D eigenvalue weighted by Crippen LogP contribution is -2.10. The number of fused-ring (bicyclic) bond motifs is 3. The molecule has 0 aliphatic carbocycles.